The van der Waals surface area contributed by atoms with Gasteiger partial charge in [0.2, 0.25) is 0 Å². The van der Waals surface area contributed by atoms with Gasteiger partial charge >= 0.3 is 0 Å². The first-order valence-electron chi connectivity index (χ1n) is 7.64. The maximum Gasteiger partial charge on any atom is 0.183 e. The highest BCUT2D eigenvalue weighted by atomic mass is 32.2. The van der Waals surface area contributed by atoms with Gasteiger partial charge in [-0.1, -0.05) is 31.0 Å². The number of nitrogens with one attached hydrogen (secondary N) is 1. The maximum atomic E-state index is 12.8. The Morgan fingerprint density at radius 2 is 1.64 bits per heavy atom. The molecule has 2 aliphatic rings. The lowest BCUT2D eigenvalue weighted by molar-refractivity contribution is 0.449. The van der Waals surface area contributed by atoms with Crippen LogP contribution in [0, 0.1) is 0 Å². The van der Waals surface area contributed by atoms with Gasteiger partial charge in [-0.2, -0.15) is 0 Å². The Balaban J connectivity index is 1.88. The number of hydrogen-bond acceptors (Lipinski definition) is 5. The van der Waals surface area contributed by atoms with E-state index in [9.17, 15) is 16.8 Å². The molecule has 2 unspecified atom stereocenters. The molecular weight excluding hydrogens is 322 g/mol. The van der Waals surface area contributed by atoms with Gasteiger partial charge < -0.3 is 5.32 Å². The van der Waals surface area contributed by atoms with Crippen molar-refractivity contribution in [2.45, 2.75) is 47.9 Å². The quantitative estimate of drug-likeness (QED) is 0.887. The summed E-state index contributed by atoms with van der Waals surface area (Å²) < 4.78 is 49.6. The number of sulfone groups is 2. The summed E-state index contributed by atoms with van der Waals surface area (Å²) in [4.78, 5) is 0.204. The van der Waals surface area contributed by atoms with Crippen molar-refractivity contribution < 1.29 is 16.8 Å². The topological polar surface area (TPSA) is 80.3 Å². The van der Waals surface area contributed by atoms with Crippen molar-refractivity contribution in [3.63, 3.8) is 0 Å². The molecule has 5 nitrogen and oxygen atoms in total. The summed E-state index contributed by atoms with van der Waals surface area (Å²) in [5, 5.41) is 2.41. The Morgan fingerprint density at radius 1 is 1.00 bits per heavy atom. The highest BCUT2D eigenvalue weighted by Crippen LogP contribution is 2.28. The van der Waals surface area contributed by atoms with Crippen LogP contribution in [0.3, 0.4) is 0 Å². The van der Waals surface area contributed by atoms with Crippen LogP contribution in [0.15, 0.2) is 35.2 Å². The minimum Gasteiger partial charge on any atom is -0.309 e. The molecule has 122 valence electrons. The van der Waals surface area contributed by atoms with Gasteiger partial charge in [-0.15, -0.1) is 0 Å². The Kier molecular flexibility index (Phi) is 4.31. The molecule has 0 radical (unpaired) electrons. The van der Waals surface area contributed by atoms with Gasteiger partial charge in [0.1, 0.15) is 0 Å². The molecule has 1 saturated carbocycles. The lowest BCUT2D eigenvalue weighted by Crippen LogP contribution is -2.47. The lowest BCUT2D eigenvalue weighted by Gasteiger charge is -2.23. The average molecular weight is 343 g/mol. The highest BCUT2D eigenvalue weighted by Gasteiger charge is 2.46. The van der Waals surface area contributed by atoms with Crippen molar-refractivity contribution in [2.24, 2.45) is 0 Å². The zero-order valence-corrected chi connectivity index (χ0v) is 13.9. The van der Waals surface area contributed by atoms with Crippen molar-refractivity contribution in [3.8, 4) is 0 Å². The molecule has 1 aromatic carbocycles. The summed E-state index contributed by atoms with van der Waals surface area (Å²) in [6.07, 6.45) is 4.23. The zero-order valence-electron chi connectivity index (χ0n) is 12.3. The van der Waals surface area contributed by atoms with E-state index >= 15 is 0 Å². The molecule has 2 fully saturated rings. The van der Waals surface area contributed by atoms with Crippen LogP contribution in [0.4, 0.5) is 0 Å². The van der Waals surface area contributed by atoms with Crippen LogP contribution in [-0.2, 0) is 19.7 Å². The number of hydrogen-bond donors (Lipinski definition) is 1. The van der Waals surface area contributed by atoms with E-state index in [0.717, 1.165) is 25.7 Å². The van der Waals surface area contributed by atoms with E-state index < -0.39 is 31.0 Å². The van der Waals surface area contributed by atoms with Gasteiger partial charge in [-0.3, -0.25) is 0 Å². The standard InChI is InChI=1S/C15H21NO4S2/c17-21(18)10-14(16-12-6-4-5-7-12)15(11-21)22(19,20)13-8-2-1-3-9-13/h1-3,8-9,12,14-16H,4-7,10-11H2. The fourth-order valence-electron chi connectivity index (χ4n) is 3.46. The Hall–Kier alpha value is -0.920. The Morgan fingerprint density at radius 3 is 2.27 bits per heavy atom. The van der Waals surface area contributed by atoms with Crippen LogP contribution in [0.5, 0.6) is 0 Å². The largest absolute Gasteiger partial charge is 0.309 e. The predicted molar refractivity (Wildman–Crippen MR) is 85.2 cm³/mol. The summed E-state index contributed by atoms with van der Waals surface area (Å²) in [5.74, 6) is -0.366. The van der Waals surface area contributed by atoms with E-state index in [0.29, 0.717) is 0 Å². The van der Waals surface area contributed by atoms with E-state index in [4.69, 9.17) is 0 Å². The van der Waals surface area contributed by atoms with Gasteiger partial charge in [0.05, 0.1) is 21.7 Å². The lowest BCUT2D eigenvalue weighted by atomic mass is 10.2. The monoisotopic (exact) mass is 343 g/mol. The first-order valence-corrected chi connectivity index (χ1v) is 11.0. The van der Waals surface area contributed by atoms with Crippen molar-refractivity contribution in [1.29, 1.82) is 0 Å². The molecule has 0 spiro atoms. The van der Waals surface area contributed by atoms with Crippen LogP contribution in [0.2, 0.25) is 0 Å². The zero-order chi connectivity index (χ0) is 15.8. The molecule has 1 aliphatic heterocycles. The van der Waals surface area contributed by atoms with E-state index in [-0.39, 0.29) is 22.4 Å². The van der Waals surface area contributed by atoms with Crippen molar-refractivity contribution >= 4 is 19.7 Å². The molecule has 0 amide bonds. The van der Waals surface area contributed by atoms with Crippen LogP contribution >= 0.6 is 0 Å². The molecule has 1 heterocycles. The molecule has 1 saturated heterocycles. The highest BCUT2D eigenvalue weighted by molar-refractivity contribution is 7.96. The van der Waals surface area contributed by atoms with Gasteiger partial charge in [-0.05, 0) is 25.0 Å². The fraction of sp³-hybridized carbons (Fsp3) is 0.600. The fourth-order valence-corrected chi connectivity index (χ4v) is 8.16. The summed E-state index contributed by atoms with van der Waals surface area (Å²) in [7, 11) is -6.96. The first-order chi connectivity index (χ1) is 10.4. The van der Waals surface area contributed by atoms with Crippen molar-refractivity contribution in [1.82, 2.24) is 5.32 Å². The molecule has 3 rings (SSSR count). The Bertz CT molecular complexity index is 722. The summed E-state index contributed by atoms with van der Waals surface area (Å²) in [5.41, 5.74) is 0. The summed E-state index contributed by atoms with van der Waals surface area (Å²) in [6.45, 7) is 0. The molecule has 7 heteroatoms. The molecule has 0 bridgehead atoms. The van der Waals surface area contributed by atoms with Crippen molar-refractivity contribution in [3.05, 3.63) is 30.3 Å². The van der Waals surface area contributed by atoms with E-state index in [1.807, 2.05) is 0 Å². The molecule has 0 aromatic heterocycles. The normalized spacial score (nSPS) is 28.9. The Labute approximate surface area is 132 Å². The van der Waals surface area contributed by atoms with Gasteiger partial charge in [0, 0.05) is 12.1 Å². The van der Waals surface area contributed by atoms with E-state index in [2.05, 4.69) is 5.32 Å². The SMILES string of the molecule is O=S1(=O)CC(NC2CCCC2)C(S(=O)(=O)c2ccccc2)C1. The third-order valence-corrected chi connectivity index (χ3v) is 8.74. The minimum atomic E-state index is -3.64. The second-order valence-corrected chi connectivity index (χ2v) is 10.5. The smallest absolute Gasteiger partial charge is 0.183 e. The van der Waals surface area contributed by atoms with Gasteiger partial charge in [0.25, 0.3) is 0 Å². The minimum absolute atomic E-state index is 0.0831. The predicted octanol–water partition coefficient (Wildman–Crippen LogP) is 1.16. The molecule has 1 N–H and O–H groups in total. The van der Waals surface area contributed by atoms with Crippen LogP contribution in [0.25, 0.3) is 0 Å². The van der Waals surface area contributed by atoms with E-state index in [1.165, 1.54) is 12.1 Å². The van der Waals surface area contributed by atoms with Crippen molar-refractivity contribution in [2.75, 3.05) is 11.5 Å². The molecular formula is C15H21NO4S2. The second-order valence-electron chi connectivity index (χ2n) is 6.23. The van der Waals surface area contributed by atoms with E-state index in [1.54, 1.807) is 18.2 Å². The first kappa shape index (κ1) is 16.0. The maximum absolute atomic E-state index is 12.8. The van der Waals surface area contributed by atoms with Crippen LogP contribution < -0.4 is 5.32 Å². The van der Waals surface area contributed by atoms with Gasteiger partial charge in [-0.25, -0.2) is 16.8 Å². The van der Waals surface area contributed by atoms with Gasteiger partial charge in [0.15, 0.2) is 19.7 Å². The molecule has 22 heavy (non-hydrogen) atoms. The third-order valence-electron chi connectivity index (χ3n) is 4.58. The summed E-state index contributed by atoms with van der Waals surface area (Å²) >= 11 is 0. The summed E-state index contributed by atoms with van der Waals surface area (Å²) in [6, 6.07) is 7.88. The number of benzene rings is 1. The van der Waals surface area contributed by atoms with Crippen LogP contribution in [-0.4, -0.2) is 45.7 Å². The van der Waals surface area contributed by atoms with Crippen LogP contribution in [0.1, 0.15) is 25.7 Å². The second kappa shape index (κ2) is 5.94. The molecule has 1 aliphatic carbocycles. The third kappa shape index (κ3) is 3.21. The average Bonchev–Trinajstić information content (AvgIpc) is 3.08. The molecule has 1 aromatic rings. The number of rotatable bonds is 4. The molecule has 2 atom stereocenters.